The second-order valence-electron chi connectivity index (χ2n) is 7.23. The molecule has 4 rings (SSSR count). The Hall–Kier alpha value is -1.95. The number of alkyl halides is 1. The lowest BCUT2D eigenvalue weighted by Gasteiger charge is -2.41. The quantitative estimate of drug-likeness (QED) is 0.824. The first-order valence-electron chi connectivity index (χ1n) is 8.40. The molecule has 5 nitrogen and oxygen atoms in total. The molecule has 1 saturated carbocycles. The first-order valence-corrected chi connectivity index (χ1v) is 8.77. The zero-order valence-electron chi connectivity index (χ0n) is 14.5. The predicted octanol–water partition coefficient (Wildman–Crippen LogP) is 3.20. The molecule has 1 fully saturated rings. The molecule has 25 heavy (non-hydrogen) atoms. The summed E-state index contributed by atoms with van der Waals surface area (Å²) in [6.07, 6.45) is 3.67. The minimum absolute atomic E-state index is 0.00309. The van der Waals surface area contributed by atoms with Crippen molar-refractivity contribution in [3.05, 3.63) is 45.5 Å². The number of amides is 1. The maximum Gasteiger partial charge on any atom is 0.226 e. The number of aromatic nitrogens is 3. The Morgan fingerprint density at radius 3 is 2.72 bits per heavy atom. The summed E-state index contributed by atoms with van der Waals surface area (Å²) < 4.78 is 16.5. The van der Waals surface area contributed by atoms with Gasteiger partial charge in [-0.25, -0.2) is 4.39 Å². The van der Waals surface area contributed by atoms with Crippen molar-refractivity contribution in [3.8, 4) is 0 Å². The van der Waals surface area contributed by atoms with Crippen LogP contribution in [0.5, 0.6) is 0 Å². The molecule has 0 saturated heterocycles. The van der Waals surface area contributed by atoms with E-state index >= 15 is 0 Å². The fraction of sp³-hybridized carbons (Fsp3) is 0.500. The normalized spacial score (nSPS) is 25.0. The van der Waals surface area contributed by atoms with Gasteiger partial charge in [-0.1, -0.05) is 11.6 Å². The third kappa shape index (κ3) is 2.54. The van der Waals surface area contributed by atoms with Crippen molar-refractivity contribution < 1.29 is 9.18 Å². The zero-order valence-corrected chi connectivity index (χ0v) is 15.3. The second kappa shape index (κ2) is 5.53. The monoisotopic (exact) mass is 362 g/mol. The topological polar surface area (TPSA) is 51.0 Å². The molecule has 0 aromatic carbocycles. The Morgan fingerprint density at radius 2 is 2.08 bits per heavy atom. The highest BCUT2D eigenvalue weighted by Gasteiger charge is 2.51. The lowest BCUT2D eigenvalue weighted by molar-refractivity contribution is -0.146. The van der Waals surface area contributed by atoms with E-state index in [0.29, 0.717) is 23.7 Å². The molecule has 0 N–H and O–H groups in total. The number of aryl methyl sites for hydroxylation is 2. The summed E-state index contributed by atoms with van der Waals surface area (Å²) in [4.78, 5) is 19.1. The van der Waals surface area contributed by atoms with Crippen molar-refractivity contribution in [3.63, 3.8) is 0 Å². The molecule has 0 radical (unpaired) electrons. The SMILES string of the molecule is Cc1nc2c(c(C)c1Cl)CN(C(=O)C1CC(F)(c3cnn(C)c3)C1)C2. The number of fused-ring (bicyclic) bond motifs is 1. The molecule has 1 amide bonds. The minimum atomic E-state index is -1.44. The van der Waals surface area contributed by atoms with Gasteiger partial charge in [-0.05, 0) is 37.8 Å². The van der Waals surface area contributed by atoms with E-state index in [1.54, 1.807) is 29.0 Å². The van der Waals surface area contributed by atoms with Crippen LogP contribution < -0.4 is 0 Å². The molecule has 0 atom stereocenters. The van der Waals surface area contributed by atoms with Crippen LogP contribution in [-0.4, -0.2) is 25.6 Å². The van der Waals surface area contributed by atoms with Gasteiger partial charge in [0.1, 0.15) is 5.67 Å². The number of carbonyl (C=O) groups is 1. The average molecular weight is 363 g/mol. The van der Waals surface area contributed by atoms with E-state index in [-0.39, 0.29) is 24.7 Å². The maximum absolute atomic E-state index is 14.9. The van der Waals surface area contributed by atoms with Crippen LogP contribution in [0.1, 0.15) is 40.9 Å². The highest BCUT2D eigenvalue weighted by atomic mass is 35.5. The summed E-state index contributed by atoms with van der Waals surface area (Å²) in [7, 11) is 1.76. The van der Waals surface area contributed by atoms with Crippen molar-refractivity contribution in [2.24, 2.45) is 13.0 Å². The van der Waals surface area contributed by atoms with Gasteiger partial charge in [0.2, 0.25) is 5.91 Å². The lowest BCUT2D eigenvalue weighted by Crippen LogP contribution is -2.46. The summed E-state index contributed by atoms with van der Waals surface area (Å²) in [6.45, 7) is 4.82. The molecule has 2 aliphatic rings. The van der Waals surface area contributed by atoms with Gasteiger partial charge in [-0.15, -0.1) is 0 Å². The van der Waals surface area contributed by atoms with Gasteiger partial charge in [0.25, 0.3) is 0 Å². The van der Waals surface area contributed by atoms with E-state index in [2.05, 4.69) is 10.1 Å². The Balaban J connectivity index is 1.47. The van der Waals surface area contributed by atoms with E-state index in [4.69, 9.17) is 11.6 Å². The molecule has 7 heteroatoms. The third-order valence-corrected chi connectivity index (χ3v) is 6.02. The number of halogens is 2. The molecule has 0 unspecified atom stereocenters. The second-order valence-corrected chi connectivity index (χ2v) is 7.61. The van der Waals surface area contributed by atoms with Gasteiger partial charge in [-0.2, -0.15) is 5.10 Å². The number of pyridine rings is 1. The molecule has 0 spiro atoms. The first-order chi connectivity index (χ1) is 11.8. The molecule has 3 heterocycles. The van der Waals surface area contributed by atoms with Crippen molar-refractivity contribution in [2.45, 2.75) is 45.4 Å². The van der Waals surface area contributed by atoms with Crippen LogP contribution >= 0.6 is 11.6 Å². The maximum atomic E-state index is 14.9. The highest BCUT2D eigenvalue weighted by Crippen LogP contribution is 2.50. The zero-order chi connectivity index (χ0) is 17.9. The Bertz CT molecular complexity index is 872. The van der Waals surface area contributed by atoms with E-state index in [1.165, 1.54) is 0 Å². The van der Waals surface area contributed by atoms with Gasteiger partial charge in [0.05, 0.1) is 29.2 Å². The molecule has 1 aliphatic carbocycles. The standard InChI is InChI=1S/C18H20ClFN4O/c1-10-14-8-24(9-15(14)22-11(2)16(10)19)17(25)12-4-18(20,5-12)13-6-21-23(3)7-13/h6-7,12H,4-5,8-9H2,1-3H3. The van der Waals surface area contributed by atoms with Crippen molar-refractivity contribution in [2.75, 3.05) is 0 Å². The van der Waals surface area contributed by atoms with Gasteiger partial charge < -0.3 is 4.90 Å². The van der Waals surface area contributed by atoms with Gasteiger partial charge in [0.15, 0.2) is 0 Å². The third-order valence-electron chi connectivity index (χ3n) is 5.46. The van der Waals surface area contributed by atoms with Crippen LogP contribution in [-0.2, 0) is 30.6 Å². The van der Waals surface area contributed by atoms with E-state index in [1.807, 2.05) is 13.8 Å². The Morgan fingerprint density at radius 1 is 1.36 bits per heavy atom. The van der Waals surface area contributed by atoms with Crippen LogP contribution in [0.15, 0.2) is 12.4 Å². The van der Waals surface area contributed by atoms with Gasteiger partial charge in [0, 0.05) is 31.3 Å². The van der Waals surface area contributed by atoms with Crippen LogP contribution in [0.3, 0.4) is 0 Å². The summed E-state index contributed by atoms with van der Waals surface area (Å²) in [5.74, 6) is -0.278. The highest BCUT2D eigenvalue weighted by molar-refractivity contribution is 6.32. The van der Waals surface area contributed by atoms with Crippen molar-refractivity contribution in [1.82, 2.24) is 19.7 Å². The molecular formula is C18H20ClFN4O. The molecule has 2 aromatic rings. The summed E-state index contributed by atoms with van der Waals surface area (Å²) in [6, 6.07) is 0. The van der Waals surface area contributed by atoms with E-state index in [0.717, 1.165) is 22.5 Å². The largest absolute Gasteiger partial charge is 0.332 e. The van der Waals surface area contributed by atoms with E-state index in [9.17, 15) is 9.18 Å². The molecule has 1 aliphatic heterocycles. The van der Waals surface area contributed by atoms with Crippen LogP contribution in [0, 0.1) is 19.8 Å². The minimum Gasteiger partial charge on any atom is -0.332 e. The predicted molar refractivity (Wildman–Crippen MR) is 91.7 cm³/mol. The Labute approximate surface area is 150 Å². The summed E-state index contributed by atoms with van der Waals surface area (Å²) in [5, 5.41) is 4.69. The van der Waals surface area contributed by atoms with Crippen molar-refractivity contribution in [1.29, 1.82) is 0 Å². The first kappa shape index (κ1) is 16.5. The lowest BCUT2D eigenvalue weighted by atomic mass is 9.69. The van der Waals surface area contributed by atoms with Crippen LogP contribution in [0.25, 0.3) is 0 Å². The number of hydrogen-bond acceptors (Lipinski definition) is 3. The van der Waals surface area contributed by atoms with Crippen molar-refractivity contribution >= 4 is 17.5 Å². The average Bonchev–Trinajstić information content (AvgIpc) is 3.15. The number of rotatable bonds is 2. The summed E-state index contributed by atoms with van der Waals surface area (Å²) >= 11 is 6.27. The molecule has 2 aromatic heterocycles. The molecule has 132 valence electrons. The molecule has 0 bridgehead atoms. The smallest absolute Gasteiger partial charge is 0.226 e. The summed E-state index contributed by atoms with van der Waals surface area (Å²) in [5.41, 5.74) is 2.84. The van der Waals surface area contributed by atoms with E-state index < -0.39 is 5.67 Å². The number of carbonyl (C=O) groups excluding carboxylic acids is 1. The number of hydrogen-bond donors (Lipinski definition) is 0. The van der Waals surface area contributed by atoms with Gasteiger partial charge in [-0.3, -0.25) is 14.5 Å². The fourth-order valence-electron chi connectivity index (χ4n) is 3.91. The fourth-order valence-corrected chi connectivity index (χ4v) is 4.06. The Kier molecular flexibility index (Phi) is 3.65. The van der Waals surface area contributed by atoms with Crippen LogP contribution in [0.2, 0.25) is 5.02 Å². The number of nitrogens with zero attached hydrogens (tertiary/aromatic N) is 4. The van der Waals surface area contributed by atoms with Crippen LogP contribution in [0.4, 0.5) is 4.39 Å². The molecular weight excluding hydrogens is 343 g/mol. The van der Waals surface area contributed by atoms with Gasteiger partial charge >= 0.3 is 0 Å².